The van der Waals surface area contributed by atoms with Gasteiger partial charge in [0.2, 0.25) is 5.95 Å². The number of anilines is 1. The van der Waals surface area contributed by atoms with E-state index in [1.807, 2.05) is 37.6 Å². The lowest BCUT2D eigenvalue weighted by molar-refractivity contribution is 0.0205. The normalized spacial score (nSPS) is 26.0. The Morgan fingerprint density at radius 2 is 2.12 bits per heavy atom. The number of aryl methyl sites for hydroxylation is 1. The van der Waals surface area contributed by atoms with Gasteiger partial charge in [0.15, 0.2) is 0 Å². The zero-order valence-electron chi connectivity index (χ0n) is 14.9. The summed E-state index contributed by atoms with van der Waals surface area (Å²) in [6.45, 7) is 5.49. The zero-order chi connectivity index (χ0) is 17.3. The molecule has 2 atom stereocenters. The molecule has 0 radical (unpaired) electrons. The van der Waals surface area contributed by atoms with Crippen LogP contribution in [0, 0.1) is 6.92 Å². The molecule has 1 spiro atoms. The molecule has 132 valence electrons. The predicted octanol–water partition coefficient (Wildman–Crippen LogP) is 2.05. The van der Waals surface area contributed by atoms with E-state index in [-0.39, 0.29) is 5.60 Å². The van der Waals surface area contributed by atoms with E-state index in [1.54, 1.807) is 0 Å². The van der Waals surface area contributed by atoms with Gasteiger partial charge >= 0.3 is 0 Å². The maximum Gasteiger partial charge on any atom is 0.225 e. The first-order chi connectivity index (χ1) is 12.1. The van der Waals surface area contributed by atoms with Crippen LogP contribution in [-0.4, -0.2) is 58.2 Å². The van der Waals surface area contributed by atoms with Gasteiger partial charge in [0.25, 0.3) is 0 Å². The van der Waals surface area contributed by atoms with Gasteiger partial charge in [0.1, 0.15) is 0 Å². The Balaban J connectivity index is 1.38. The van der Waals surface area contributed by atoms with E-state index in [2.05, 4.69) is 37.9 Å². The fourth-order valence-electron chi connectivity index (χ4n) is 3.83. The fraction of sp³-hybridized carbons (Fsp3) is 0.526. The molecular weight excluding hydrogens is 314 g/mol. The van der Waals surface area contributed by atoms with E-state index >= 15 is 0 Å². The highest BCUT2D eigenvalue weighted by Crippen LogP contribution is 2.37. The van der Waals surface area contributed by atoms with Crippen molar-refractivity contribution in [3.05, 3.63) is 48.0 Å². The van der Waals surface area contributed by atoms with Gasteiger partial charge in [-0.1, -0.05) is 6.07 Å². The average molecular weight is 339 g/mol. The summed E-state index contributed by atoms with van der Waals surface area (Å²) in [4.78, 5) is 18.0. The second-order valence-corrected chi connectivity index (χ2v) is 7.32. The highest BCUT2D eigenvalue weighted by Gasteiger charge is 2.47. The minimum Gasteiger partial charge on any atom is -0.371 e. The topological polar surface area (TPSA) is 54.4 Å². The SMILES string of the molecule is Cc1cnc(N2CC[C@@]3(C[C@H](N(C)Cc4ccccn4)CO3)C2)nc1. The summed E-state index contributed by atoms with van der Waals surface area (Å²) in [5.74, 6) is 0.816. The molecule has 4 rings (SSSR count). The van der Waals surface area contributed by atoms with Gasteiger partial charge in [-0.3, -0.25) is 9.88 Å². The fourth-order valence-corrected chi connectivity index (χ4v) is 3.83. The first-order valence-electron chi connectivity index (χ1n) is 8.91. The van der Waals surface area contributed by atoms with Crippen LogP contribution in [0.25, 0.3) is 0 Å². The number of rotatable bonds is 4. The molecule has 0 amide bonds. The highest BCUT2D eigenvalue weighted by atomic mass is 16.5. The first-order valence-corrected chi connectivity index (χ1v) is 8.91. The Bertz CT molecular complexity index is 708. The second-order valence-electron chi connectivity index (χ2n) is 7.32. The Labute approximate surface area is 148 Å². The van der Waals surface area contributed by atoms with Crippen molar-refractivity contribution in [2.45, 2.75) is 38.0 Å². The molecule has 2 aliphatic rings. The number of aromatic nitrogens is 3. The van der Waals surface area contributed by atoms with Crippen molar-refractivity contribution in [1.82, 2.24) is 19.9 Å². The Morgan fingerprint density at radius 3 is 2.88 bits per heavy atom. The van der Waals surface area contributed by atoms with E-state index in [0.717, 1.165) is 56.3 Å². The van der Waals surface area contributed by atoms with E-state index in [4.69, 9.17) is 4.74 Å². The number of nitrogens with zero attached hydrogens (tertiary/aromatic N) is 5. The highest BCUT2D eigenvalue weighted by molar-refractivity contribution is 5.33. The third-order valence-corrected chi connectivity index (χ3v) is 5.32. The van der Waals surface area contributed by atoms with Crippen molar-refractivity contribution in [1.29, 1.82) is 0 Å². The van der Waals surface area contributed by atoms with Gasteiger partial charge in [0.05, 0.1) is 17.9 Å². The Kier molecular flexibility index (Phi) is 4.39. The largest absolute Gasteiger partial charge is 0.371 e. The van der Waals surface area contributed by atoms with Crippen molar-refractivity contribution < 1.29 is 4.74 Å². The minimum atomic E-state index is -0.0582. The van der Waals surface area contributed by atoms with Crippen molar-refractivity contribution >= 4 is 5.95 Å². The molecule has 2 saturated heterocycles. The number of ether oxygens (including phenoxy) is 1. The van der Waals surface area contributed by atoms with E-state index in [0.29, 0.717) is 6.04 Å². The maximum atomic E-state index is 6.29. The van der Waals surface area contributed by atoms with Gasteiger partial charge in [0, 0.05) is 44.3 Å². The average Bonchev–Trinajstić information content (AvgIpc) is 3.24. The standard InChI is InChI=1S/C19H25N5O/c1-15-10-21-18(22-11-15)24-8-6-19(14-24)9-17(13-25-19)23(2)12-16-5-3-4-7-20-16/h3-5,7,10-11,17H,6,8-9,12-14H2,1-2H3/t17-,19+/m0/s1. The summed E-state index contributed by atoms with van der Waals surface area (Å²) in [6, 6.07) is 6.51. The summed E-state index contributed by atoms with van der Waals surface area (Å²) in [5.41, 5.74) is 2.13. The zero-order valence-corrected chi connectivity index (χ0v) is 14.9. The molecule has 2 aromatic heterocycles. The van der Waals surface area contributed by atoms with E-state index < -0.39 is 0 Å². The van der Waals surface area contributed by atoms with Crippen LogP contribution in [-0.2, 0) is 11.3 Å². The van der Waals surface area contributed by atoms with Crippen molar-refractivity contribution in [2.24, 2.45) is 0 Å². The molecule has 25 heavy (non-hydrogen) atoms. The van der Waals surface area contributed by atoms with E-state index in [1.165, 1.54) is 0 Å². The van der Waals surface area contributed by atoms with Gasteiger partial charge in [-0.15, -0.1) is 0 Å². The van der Waals surface area contributed by atoms with Crippen molar-refractivity contribution in [2.75, 3.05) is 31.6 Å². The summed E-state index contributed by atoms with van der Waals surface area (Å²) >= 11 is 0. The summed E-state index contributed by atoms with van der Waals surface area (Å²) in [7, 11) is 2.16. The molecule has 0 N–H and O–H groups in total. The third-order valence-electron chi connectivity index (χ3n) is 5.32. The lowest BCUT2D eigenvalue weighted by Crippen LogP contribution is -2.36. The van der Waals surface area contributed by atoms with Gasteiger partial charge in [-0.25, -0.2) is 9.97 Å². The van der Waals surface area contributed by atoms with E-state index in [9.17, 15) is 0 Å². The summed E-state index contributed by atoms with van der Waals surface area (Å²) in [6.07, 6.45) is 7.71. The van der Waals surface area contributed by atoms with Crippen LogP contribution in [0.15, 0.2) is 36.8 Å². The number of pyridine rings is 1. The van der Waals surface area contributed by atoms with Crippen LogP contribution < -0.4 is 4.90 Å². The van der Waals surface area contributed by atoms with Crippen LogP contribution in [0.3, 0.4) is 0 Å². The molecule has 4 heterocycles. The van der Waals surface area contributed by atoms with Crippen LogP contribution in [0.5, 0.6) is 0 Å². The molecule has 0 saturated carbocycles. The van der Waals surface area contributed by atoms with Gasteiger partial charge in [-0.2, -0.15) is 0 Å². The first kappa shape index (κ1) is 16.4. The summed E-state index contributed by atoms with van der Waals surface area (Å²) < 4.78 is 6.29. The minimum absolute atomic E-state index is 0.0582. The van der Waals surface area contributed by atoms with Crippen molar-refractivity contribution in [3.63, 3.8) is 0 Å². The molecule has 2 aliphatic heterocycles. The predicted molar refractivity (Wildman–Crippen MR) is 96.4 cm³/mol. The van der Waals surface area contributed by atoms with Crippen LogP contribution in [0.1, 0.15) is 24.1 Å². The molecular formula is C19H25N5O. The molecule has 0 unspecified atom stereocenters. The van der Waals surface area contributed by atoms with Crippen LogP contribution >= 0.6 is 0 Å². The third kappa shape index (κ3) is 3.50. The number of likely N-dealkylation sites (N-methyl/N-ethyl adjacent to an activating group) is 1. The number of hydrogen-bond donors (Lipinski definition) is 0. The Morgan fingerprint density at radius 1 is 1.28 bits per heavy atom. The van der Waals surface area contributed by atoms with Gasteiger partial charge < -0.3 is 9.64 Å². The van der Waals surface area contributed by atoms with Crippen LogP contribution in [0.2, 0.25) is 0 Å². The van der Waals surface area contributed by atoms with Gasteiger partial charge in [-0.05, 0) is 44.5 Å². The quantitative estimate of drug-likeness (QED) is 0.850. The molecule has 0 aromatic carbocycles. The molecule has 0 bridgehead atoms. The molecule has 6 heteroatoms. The monoisotopic (exact) mass is 339 g/mol. The lowest BCUT2D eigenvalue weighted by atomic mass is 9.96. The summed E-state index contributed by atoms with van der Waals surface area (Å²) in [5, 5.41) is 0. The molecule has 2 fully saturated rings. The maximum absolute atomic E-state index is 6.29. The van der Waals surface area contributed by atoms with Crippen molar-refractivity contribution in [3.8, 4) is 0 Å². The smallest absolute Gasteiger partial charge is 0.225 e. The second kappa shape index (κ2) is 6.69. The number of hydrogen-bond acceptors (Lipinski definition) is 6. The molecule has 6 nitrogen and oxygen atoms in total. The molecule has 2 aromatic rings. The Hall–Kier alpha value is -2.05. The molecule has 0 aliphatic carbocycles. The van der Waals surface area contributed by atoms with Crippen LogP contribution in [0.4, 0.5) is 5.95 Å². The lowest BCUT2D eigenvalue weighted by Gasteiger charge is -2.25.